The fraction of sp³-hybridized carbons (Fsp3) is 0.100. The van der Waals surface area contributed by atoms with Crippen LogP contribution in [0, 0.1) is 10.5 Å². The highest BCUT2D eigenvalue weighted by Gasteiger charge is 2.23. The van der Waals surface area contributed by atoms with Gasteiger partial charge in [-0.3, -0.25) is 4.40 Å². The zero-order chi connectivity index (χ0) is 19.3. The van der Waals surface area contributed by atoms with Gasteiger partial charge in [-0.15, -0.1) is 10.2 Å². The molecule has 0 aliphatic heterocycles. The standard InChI is InChI=1S/C20H15IN6O/c1-12-23-24-20-19(22-14-9-5-6-10-15(14)26(12)20)18-17(21)16(11-28)27(25-18)13-7-3-2-4-8-13/h2-10,28H,11H2,1H3. The van der Waals surface area contributed by atoms with Crippen LogP contribution in [-0.2, 0) is 6.61 Å². The van der Waals surface area contributed by atoms with E-state index in [-0.39, 0.29) is 6.61 Å². The first-order valence-corrected chi connectivity index (χ1v) is 9.81. The van der Waals surface area contributed by atoms with Crippen molar-refractivity contribution in [3.63, 3.8) is 0 Å². The minimum absolute atomic E-state index is 0.129. The number of para-hydroxylation sites is 3. The smallest absolute Gasteiger partial charge is 0.189 e. The summed E-state index contributed by atoms with van der Waals surface area (Å²) in [6.45, 7) is 1.79. The van der Waals surface area contributed by atoms with Crippen molar-refractivity contribution in [3.8, 4) is 17.1 Å². The van der Waals surface area contributed by atoms with Crippen LogP contribution >= 0.6 is 22.6 Å². The third kappa shape index (κ3) is 2.52. The minimum atomic E-state index is -0.129. The van der Waals surface area contributed by atoms with Gasteiger partial charge in [-0.2, -0.15) is 5.10 Å². The Hall–Kier alpha value is -2.85. The molecule has 0 bridgehead atoms. The van der Waals surface area contributed by atoms with Gasteiger partial charge >= 0.3 is 0 Å². The van der Waals surface area contributed by atoms with Gasteiger partial charge in [-0.25, -0.2) is 9.67 Å². The predicted octanol–water partition coefficient (Wildman–Crippen LogP) is 3.54. The number of fused-ring (bicyclic) bond motifs is 3. The van der Waals surface area contributed by atoms with Gasteiger partial charge in [0.2, 0.25) is 0 Å². The average Bonchev–Trinajstić information content (AvgIpc) is 3.28. The first-order valence-electron chi connectivity index (χ1n) is 8.73. The third-order valence-electron chi connectivity index (χ3n) is 4.68. The lowest BCUT2D eigenvalue weighted by Crippen LogP contribution is -2.02. The van der Waals surface area contributed by atoms with Crippen molar-refractivity contribution in [3.05, 3.63) is 69.7 Å². The predicted molar refractivity (Wildman–Crippen MR) is 114 cm³/mol. The zero-order valence-corrected chi connectivity index (χ0v) is 17.1. The number of aryl methyl sites for hydroxylation is 1. The fourth-order valence-electron chi connectivity index (χ4n) is 3.39. The van der Waals surface area contributed by atoms with Crippen LogP contribution in [0.4, 0.5) is 0 Å². The lowest BCUT2D eigenvalue weighted by Gasteiger charge is -2.06. The maximum atomic E-state index is 9.99. The van der Waals surface area contributed by atoms with Gasteiger partial charge in [0.05, 0.1) is 32.6 Å². The Morgan fingerprint density at radius 2 is 1.71 bits per heavy atom. The van der Waals surface area contributed by atoms with Crippen LogP contribution in [0.15, 0.2) is 54.6 Å². The molecule has 0 fully saturated rings. The second kappa shape index (κ2) is 6.64. The van der Waals surface area contributed by atoms with E-state index in [0.717, 1.165) is 26.1 Å². The van der Waals surface area contributed by atoms with Crippen LogP contribution in [0.3, 0.4) is 0 Å². The summed E-state index contributed by atoms with van der Waals surface area (Å²) in [4.78, 5) is 4.84. The van der Waals surface area contributed by atoms with Gasteiger partial charge in [-0.05, 0) is 53.8 Å². The molecule has 0 aliphatic rings. The van der Waals surface area contributed by atoms with Crippen molar-refractivity contribution in [1.29, 1.82) is 0 Å². The Kier molecular flexibility index (Phi) is 4.09. The second-order valence-corrected chi connectivity index (χ2v) is 7.45. The molecule has 5 aromatic rings. The number of aliphatic hydroxyl groups excluding tert-OH is 1. The van der Waals surface area contributed by atoms with Crippen molar-refractivity contribution in [1.82, 2.24) is 29.4 Å². The first-order chi connectivity index (χ1) is 13.7. The van der Waals surface area contributed by atoms with Gasteiger partial charge in [0.15, 0.2) is 5.65 Å². The van der Waals surface area contributed by atoms with Crippen LogP contribution < -0.4 is 0 Å². The molecule has 0 saturated carbocycles. The quantitative estimate of drug-likeness (QED) is 0.398. The summed E-state index contributed by atoms with van der Waals surface area (Å²) in [6, 6.07) is 17.6. The highest BCUT2D eigenvalue weighted by atomic mass is 127. The molecule has 138 valence electrons. The average molecular weight is 482 g/mol. The second-order valence-electron chi connectivity index (χ2n) is 6.37. The van der Waals surface area contributed by atoms with E-state index in [2.05, 4.69) is 32.8 Å². The van der Waals surface area contributed by atoms with Crippen LogP contribution in [0.2, 0.25) is 0 Å². The minimum Gasteiger partial charge on any atom is -0.390 e. The van der Waals surface area contributed by atoms with Crippen LogP contribution in [-0.4, -0.2) is 34.5 Å². The fourth-order valence-corrected chi connectivity index (χ4v) is 4.15. The molecule has 0 atom stereocenters. The molecule has 7 nitrogen and oxygen atoms in total. The van der Waals surface area contributed by atoms with Gasteiger partial charge in [0.1, 0.15) is 17.2 Å². The Balaban J connectivity index is 1.85. The Morgan fingerprint density at radius 3 is 2.50 bits per heavy atom. The van der Waals surface area contributed by atoms with E-state index in [4.69, 9.17) is 10.1 Å². The molecule has 28 heavy (non-hydrogen) atoms. The Bertz CT molecular complexity index is 1330. The maximum absolute atomic E-state index is 9.99. The molecule has 0 spiro atoms. The number of rotatable bonds is 3. The number of halogens is 1. The molecule has 3 heterocycles. The van der Waals surface area contributed by atoms with Crippen molar-refractivity contribution >= 4 is 39.3 Å². The van der Waals surface area contributed by atoms with Crippen LogP contribution in [0.1, 0.15) is 11.5 Å². The molecular weight excluding hydrogens is 467 g/mol. The van der Waals surface area contributed by atoms with E-state index in [1.165, 1.54) is 0 Å². The van der Waals surface area contributed by atoms with Crippen LogP contribution in [0.25, 0.3) is 33.8 Å². The van der Waals surface area contributed by atoms with Crippen molar-refractivity contribution in [2.24, 2.45) is 0 Å². The molecule has 0 saturated heterocycles. The van der Waals surface area contributed by atoms with Gasteiger partial charge in [0.25, 0.3) is 0 Å². The summed E-state index contributed by atoms with van der Waals surface area (Å²) in [6.07, 6.45) is 0. The summed E-state index contributed by atoms with van der Waals surface area (Å²) in [5, 5.41) is 23.4. The number of benzene rings is 2. The molecule has 5 rings (SSSR count). The van der Waals surface area contributed by atoms with Crippen molar-refractivity contribution in [2.45, 2.75) is 13.5 Å². The van der Waals surface area contributed by atoms with E-state index in [1.807, 2.05) is 65.9 Å². The number of hydrogen-bond acceptors (Lipinski definition) is 5. The third-order valence-corrected chi connectivity index (χ3v) is 5.82. The van der Waals surface area contributed by atoms with E-state index < -0.39 is 0 Å². The number of aromatic nitrogens is 6. The van der Waals surface area contributed by atoms with E-state index in [1.54, 1.807) is 4.68 Å². The lowest BCUT2D eigenvalue weighted by molar-refractivity contribution is 0.272. The molecule has 0 unspecified atom stereocenters. The summed E-state index contributed by atoms with van der Waals surface area (Å²) < 4.78 is 4.59. The monoisotopic (exact) mass is 482 g/mol. The van der Waals surface area contributed by atoms with Crippen LogP contribution in [0.5, 0.6) is 0 Å². The zero-order valence-electron chi connectivity index (χ0n) is 14.9. The Labute approximate surface area is 173 Å². The van der Waals surface area contributed by atoms with Crippen molar-refractivity contribution in [2.75, 3.05) is 0 Å². The normalized spacial score (nSPS) is 11.5. The van der Waals surface area contributed by atoms with E-state index in [0.29, 0.717) is 22.7 Å². The van der Waals surface area contributed by atoms with E-state index in [9.17, 15) is 5.11 Å². The van der Waals surface area contributed by atoms with Gasteiger partial charge in [0, 0.05) is 0 Å². The lowest BCUT2D eigenvalue weighted by atomic mass is 10.2. The summed E-state index contributed by atoms with van der Waals surface area (Å²) in [5.41, 5.74) is 5.35. The summed E-state index contributed by atoms with van der Waals surface area (Å²) in [5.74, 6) is 0.787. The SMILES string of the molecule is Cc1nnc2c(-c3nn(-c4ccccc4)c(CO)c3I)nc3ccccc3n12. The summed E-state index contributed by atoms with van der Waals surface area (Å²) >= 11 is 2.21. The molecule has 3 aromatic heterocycles. The largest absolute Gasteiger partial charge is 0.390 e. The first kappa shape index (κ1) is 17.3. The molecule has 0 radical (unpaired) electrons. The Morgan fingerprint density at radius 1 is 0.964 bits per heavy atom. The van der Waals surface area contributed by atoms with Gasteiger partial charge in [-0.1, -0.05) is 30.3 Å². The maximum Gasteiger partial charge on any atom is 0.189 e. The topological polar surface area (TPSA) is 81.1 Å². The highest BCUT2D eigenvalue weighted by Crippen LogP contribution is 2.32. The van der Waals surface area contributed by atoms with Gasteiger partial charge < -0.3 is 5.11 Å². The highest BCUT2D eigenvalue weighted by molar-refractivity contribution is 14.1. The number of nitrogens with zero attached hydrogens (tertiary/aromatic N) is 6. The number of hydrogen-bond donors (Lipinski definition) is 1. The van der Waals surface area contributed by atoms with E-state index >= 15 is 0 Å². The molecule has 8 heteroatoms. The molecule has 0 amide bonds. The molecule has 0 aliphatic carbocycles. The molecular formula is C20H15IN6O. The van der Waals surface area contributed by atoms with Crippen molar-refractivity contribution < 1.29 is 5.11 Å². The summed E-state index contributed by atoms with van der Waals surface area (Å²) in [7, 11) is 0. The number of aliphatic hydroxyl groups is 1. The molecule has 2 aromatic carbocycles. The molecule has 1 N–H and O–H groups in total.